The van der Waals surface area contributed by atoms with Crippen molar-refractivity contribution in [3.63, 3.8) is 0 Å². The van der Waals surface area contributed by atoms with Crippen molar-refractivity contribution in [2.45, 2.75) is 25.4 Å². The molecule has 0 radical (unpaired) electrons. The molecule has 1 saturated heterocycles. The van der Waals surface area contributed by atoms with E-state index in [9.17, 15) is 20.0 Å². The van der Waals surface area contributed by atoms with E-state index < -0.39 is 16.4 Å². The lowest BCUT2D eigenvalue weighted by atomic mass is 9.94. The SMILES string of the molecule is CC1(O)CCCN(C(=O)c2c(Cl)cccc2[N+](=O)[O-])C1. The van der Waals surface area contributed by atoms with Gasteiger partial charge in [0.1, 0.15) is 5.56 Å². The number of halogens is 1. The van der Waals surface area contributed by atoms with E-state index in [2.05, 4.69) is 0 Å². The molecule has 1 unspecified atom stereocenters. The lowest BCUT2D eigenvalue weighted by Gasteiger charge is -2.36. The molecule has 1 aromatic carbocycles. The predicted molar refractivity (Wildman–Crippen MR) is 73.9 cm³/mol. The second kappa shape index (κ2) is 5.38. The molecule has 1 heterocycles. The lowest BCUT2D eigenvalue weighted by molar-refractivity contribution is -0.385. The number of likely N-dealkylation sites (tertiary alicyclic amines) is 1. The van der Waals surface area contributed by atoms with Crippen LogP contribution in [-0.2, 0) is 0 Å². The number of carbonyl (C=O) groups excluding carboxylic acids is 1. The fraction of sp³-hybridized carbons (Fsp3) is 0.462. The molecule has 0 spiro atoms. The number of amides is 1. The van der Waals surface area contributed by atoms with Crippen LogP contribution in [-0.4, -0.2) is 39.5 Å². The second-order valence-electron chi connectivity index (χ2n) is 5.22. The monoisotopic (exact) mass is 298 g/mol. The van der Waals surface area contributed by atoms with E-state index >= 15 is 0 Å². The third-order valence-corrected chi connectivity index (χ3v) is 3.68. The minimum absolute atomic E-state index is 0.0504. The van der Waals surface area contributed by atoms with Gasteiger partial charge in [-0.15, -0.1) is 0 Å². The summed E-state index contributed by atoms with van der Waals surface area (Å²) < 4.78 is 0. The van der Waals surface area contributed by atoms with Crippen LogP contribution in [0.1, 0.15) is 30.1 Å². The maximum absolute atomic E-state index is 12.5. The topological polar surface area (TPSA) is 83.7 Å². The number of hydrogen-bond donors (Lipinski definition) is 1. The van der Waals surface area contributed by atoms with Gasteiger partial charge in [0.2, 0.25) is 0 Å². The van der Waals surface area contributed by atoms with Crippen LogP contribution in [0, 0.1) is 10.1 Å². The Labute approximate surface area is 121 Å². The highest BCUT2D eigenvalue weighted by atomic mass is 35.5. The molecule has 6 nitrogen and oxygen atoms in total. The summed E-state index contributed by atoms with van der Waals surface area (Å²) in [7, 11) is 0. The van der Waals surface area contributed by atoms with E-state index in [-0.39, 0.29) is 22.8 Å². The molecule has 7 heteroatoms. The normalized spacial score (nSPS) is 22.6. The Morgan fingerprint density at radius 1 is 1.55 bits per heavy atom. The van der Waals surface area contributed by atoms with Gasteiger partial charge in [-0.3, -0.25) is 14.9 Å². The van der Waals surface area contributed by atoms with Crippen LogP contribution in [0.3, 0.4) is 0 Å². The number of rotatable bonds is 2. The zero-order valence-corrected chi connectivity index (χ0v) is 11.8. The second-order valence-corrected chi connectivity index (χ2v) is 5.63. The van der Waals surface area contributed by atoms with Crippen LogP contribution in [0.2, 0.25) is 5.02 Å². The molecule has 0 bridgehead atoms. The molecule has 1 N–H and O–H groups in total. The summed E-state index contributed by atoms with van der Waals surface area (Å²) in [4.78, 5) is 24.3. The first kappa shape index (κ1) is 14.7. The Morgan fingerprint density at radius 2 is 2.25 bits per heavy atom. The number of nitrogens with zero attached hydrogens (tertiary/aromatic N) is 2. The lowest BCUT2D eigenvalue weighted by Crippen LogP contribution is -2.48. The number of nitro groups is 1. The summed E-state index contributed by atoms with van der Waals surface area (Å²) in [5.74, 6) is -0.512. The minimum Gasteiger partial charge on any atom is -0.388 e. The summed E-state index contributed by atoms with van der Waals surface area (Å²) >= 11 is 5.94. The standard InChI is InChI=1S/C13H15ClN2O4/c1-13(18)6-3-7-15(8-13)12(17)11-9(14)4-2-5-10(11)16(19)20/h2,4-5,18H,3,6-8H2,1H3. The van der Waals surface area contributed by atoms with E-state index in [4.69, 9.17) is 11.6 Å². The van der Waals surface area contributed by atoms with Gasteiger partial charge in [-0.1, -0.05) is 17.7 Å². The zero-order valence-electron chi connectivity index (χ0n) is 11.0. The van der Waals surface area contributed by atoms with E-state index in [0.29, 0.717) is 19.4 Å². The Hall–Kier alpha value is -1.66. The molecule has 0 saturated carbocycles. The highest BCUT2D eigenvalue weighted by Gasteiger charge is 2.34. The van der Waals surface area contributed by atoms with E-state index in [1.807, 2.05) is 0 Å². The molecule has 1 aromatic rings. The van der Waals surface area contributed by atoms with Gasteiger partial charge in [0.15, 0.2) is 0 Å². The van der Waals surface area contributed by atoms with Crippen molar-refractivity contribution in [2.24, 2.45) is 0 Å². The maximum Gasteiger partial charge on any atom is 0.283 e. The molecule has 20 heavy (non-hydrogen) atoms. The molecule has 1 aliphatic rings. The third-order valence-electron chi connectivity index (χ3n) is 3.36. The molecule has 1 amide bonds. The number of carbonyl (C=O) groups is 1. The Bertz CT molecular complexity index is 559. The number of piperidine rings is 1. The Morgan fingerprint density at radius 3 is 2.85 bits per heavy atom. The van der Waals surface area contributed by atoms with Crippen LogP contribution in [0.5, 0.6) is 0 Å². The molecular weight excluding hydrogens is 284 g/mol. The van der Waals surface area contributed by atoms with Crippen LogP contribution in [0.4, 0.5) is 5.69 Å². The number of aliphatic hydroxyl groups is 1. The maximum atomic E-state index is 12.5. The van der Waals surface area contributed by atoms with Crippen LogP contribution < -0.4 is 0 Å². The quantitative estimate of drug-likeness (QED) is 0.670. The van der Waals surface area contributed by atoms with Crippen LogP contribution in [0.25, 0.3) is 0 Å². The Kier molecular flexibility index (Phi) is 3.96. The summed E-state index contributed by atoms with van der Waals surface area (Å²) in [5, 5.41) is 21.1. The average molecular weight is 299 g/mol. The van der Waals surface area contributed by atoms with Gasteiger partial charge in [-0.05, 0) is 25.8 Å². The molecule has 1 atom stereocenters. The first-order valence-electron chi connectivity index (χ1n) is 6.26. The fourth-order valence-electron chi connectivity index (χ4n) is 2.43. The van der Waals surface area contributed by atoms with Gasteiger partial charge in [0.25, 0.3) is 11.6 Å². The van der Waals surface area contributed by atoms with Crippen LogP contribution >= 0.6 is 11.6 Å². The largest absolute Gasteiger partial charge is 0.388 e. The zero-order chi connectivity index (χ0) is 14.9. The van der Waals surface area contributed by atoms with Gasteiger partial charge >= 0.3 is 0 Å². The minimum atomic E-state index is -0.968. The molecular formula is C13H15ClN2O4. The van der Waals surface area contributed by atoms with Crippen molar-refractivity contribution >= 4 is 23.2 Å². The predicted octanol–water partition coefficient (Wildman–Crippen LogP) is 2.24. The first-order chi connectivity index (χ1) is 9.32. The highest BCUT2D eigenvalue weighted by Crippen LogP contribution is 2.30. The summed E-state index contributed by atoms with van der Waals surface area (Å²) in [6.45, 7) is 2.25. The van der Waals surface area contributed by atoms with Gasteiger partial charge < -0.3 is 10.0 Å². The molecule has 0 aromatic heterocycles. The summed E-state index contributed by atoms with van der Waals surface area (Å²) in [6, 6.07) is 4.13. The molecule has 2 rings (SSSR count). The van der Waals surface area contributed by atoms with E-state index in [1.54, 1.807) is 6.92 Å². The third kappa shape index (κ3) is 2.91. The van der Waals surface area contributed by atoms with E-state index in [0.717, 1.165) is 0 Å². The molecule has 1 aliphatic heterocycles. The fourth-order valence-corrected chi connectivity index (χ4v) is 2.68. The number of hydrogen-bond acceptors (Lipinski definition) is 4. The van der Waals surface area contributed by atoms with Gasteiger partial charge in [-0.25, -0.2) is 0 Å². The van der Waals surface area contributed by atoms with Crippen LogP contribution in [0.15, 0.2) is 18.2 Å². The van der Waals surface area contributed by atoms with E-state index in [1.165, 1.54) is 23.1 Å². The first-order valence-corrected chi connectivity index (χ1v) is 6.64. The van der Waals surface area contributed by atoms with Crippen molar-refractivity contribution in [1.82, 2.24) is 4.90 Å². The van der Waals surface area contributed by atoms with Gasteiger partial charge in [0.05, 0.1) is 15.5 Å². The summed E-state index contributed by atoms with van der Waals surface area (Å²) in [6.07, 6.45) is 1.25. The van der Waals surface area contributed by atoms with Crippen molar-refractivity contribution in [1.29, 1.82) is 0 Å². The number of benzene rings is 1. The van der Waals surface area contributed by atoms with Crippen molar-refractivity contribution in [3.05, 3.63) is 38.9 Å². The molecule has 0 aliphatic carbocycles. The van der Waals surface area contributed by atoms with Gasteiger partial charge in [-0.2, -0.15) is 0 Å². The van der Waals surface area contributed by atoms with Gasteiger partial charge in [0, 0.05) is 19.2 Å². The molecule has 1 fully saturated rings. The smallest absolute Gasteiger partial charge is 0.283 e. The summed E-state index contributed by atoms with van der Waals surface area (Å²) in [5.41, 5.74) is -1.39. The number of β-amino-alcohol motifs (C(OH)–C–C–N with tert-alkyl or cyclic N) is 1. The molecule has 108 valence electrons. The van der Waals surface area contributed by atoms with Crippen molar-refractivity contribution < 1.29 is 14.8 Å². The number of nitro benzene ring substituents is 1. The average Bonchev–Trinajstić information content (AvgIpc) is 2.36. The Balaban J connectivity index is 2.36. The highest BCUT2D eigenvalue weighted by molar-refractivity contribution is 6.34. The van der Waals surface area contributed by atoms with Crippen molar-refractivity contribution in [2.75, 3.05) is 13.1 Å². The van der Waals surface area contributed by atoms with Crippen molar-refractivity contribution in [3.8, 4) is 0 Å².